The monoisotopic (exact) mass is 1050 g/mol. The van der Waals surface area contributed by atoms with Crippen molar-refractivity contribution in [2.24, 2.45) is 11.5 Å². The fourth-order valence-corrected chi connectivity index (χ4v) is 8.31. The third-order valence-electron chi connectivity index (χ3n) is 13.0. The molecule has 4 atom stereocenters. The summed E-state index contributed by atoms with van der Waals surface area (Å²) in [5.74, 6) is -5.90. The summed E-state index contributed by atoms with van der Waals surface area (Å²) < 4.78 is 11.4. The van der Waals surface area contributed by atoms with Gasteiger partial charge in [0.25, 0.3) is 11.8 Å². The van der Waals surface area contributed by atoms with Crippen LogP contribution < -0.4 is 38.2 Å². The highest BCUT2D eigenvalue weighted by atomic mass is 16.5. The maximum atomic E-state index is 13.1. The number of hydrazine groups is 1. The Kier molecular flexibility index (Phi) is 40.3. The zero-order valence-corrected chi connectivity index (χ0v) is 46.4. The van der Waals surface area contributed by atoms with Gasteiger partial charge in [0, 0.05) is 31.7 Å². The van der Waals surface area contributed by atoms with E-state index in [2.05, 4.69) is 40.5 Å². The summed E-state index contributed by atoms with van der Waals surface area (Å²) in [6.07, 6.45) is 33.9. The van der Waals surface area contributed by atoms with Crippen LogP contribution in [0.2, 0.25) is 0 Å². The number of amides is 8. The molecule has 0 fully saturated rings. The van der Waals surface area contributed by atoms with E-state index in [1.54, 1.807) is 24.3 Å². The minimum Gasteiger partial charge on any atom is -0.445 e. The van der Waals surface area contributed by atoms with Gasteiger partial charge in [-0.2, -0.15) is 0 Å². The maximum absolute atomic E-state index is 13.1. The Morgan fingerprint density at radius 3 is 1.59 bits per heavy atom. The number of hydrogen-bond donors (Lipinski definition) is 7. The van der Waals surface area contributed by atoms with Crippen LogP contribution in [0, 0.1) is 0 Å². The average molecular weight is 1060 g/mol. The Morgan fingerprint density at radius 1 is 0.587 bits per heavy atom. The predicted molar refractivity (Wildman–Crippen MR) is 294 cm³/mol. The first-order chi connectivity index (χ1) is 36.2. The first kappa shape index (κ1) is 67.5. The van der Waals surface area contributed by atoms with Gasteiger partial charge in [-0.1, -0.05) is 205 Å². The number of hydrogen-bond acceptors (Lipinski definition) is 10. The molecule has 8 amide bonds. The summed E-state index contributed by atoms with van der Waals surface area (Å²) in [5, 5.41) is 10.6. The van der Waals surface area contributed by atoms with E-state index in [0.29, 0.717) is 18.2 Å². The fourth-order valence-electron chi connectivity index (χ4n) is 8.31. The van der Waals surface area contributed by atoms with Gasteiger partial charge in [0.15, 0.2) is 0 Å². The summed E-state index contributed by atoms with van der Waals surface area (Å²) in [5.41, 5.74) is 13.8. The molecule has 1 aromatic rings. The number of nitrogens with two attached hydrogens (primary N) is 2. The number of ether oxygens (including phenoxy) is 2. The second-order valence-electron chi connectivity index (χ2n) is 19.9. The smallest absolute Gasteiger partial charge is 0.408 e. The van der Waals surface area contributed by atoms with Crippen molar-refractivity contribution < 1.29 is 47.8 Å². The first-order valence-electron chi connectivity index (χ1n) is 28.5. The van der Waals surface area contributed by atoms with E-state index >= 15 is 0 Å². The molecule has 0 spiro atoms. The lowest BCUT2D eigenvalue weighted by atomic mass is 10.0. The summed E-state index contributed by atoms with van der Waals surface area (Å²) in [6, 6.07) is 5.24. The highest BCUT2D eigenvalue weighted by Gasteiger charge is 2.25. The molecule has 18 heteroatoms. The van der Waals surface area contributed by atoms with E-state index in [-0.39, 0.29) is 31.5 Å². The Hall–Kier alpha value is -5.52. The van der Waals surface area contributed by atoms with Crippen molar-refractivity contribution in [3.63, 3.8) is 0 Å². The van der Waals surface area contributed by atoms with E-state index in [0.717, 1.165) is 49.8 Å². The highest BCUT2D eigenvalue weighted by Crippen LogP contribution is 2.16. The van der Waals surface area contributed by atoms with Crippen molar-refractivity contribution in [3.05, 3.63) is 48.0 Å². The van der Waals surface area contributed by atoms with E-state index in [1.807, 2.05) is 6.07 Å². The van der Waals surface area contributed by atoms with E-state index in [4.69, 9.17) is 20.9 Å². The molecule has 1 aromatic carbocycles. The number of alkyl carbamates (subject to hydrolysis) is 1. The fraction of sp³-hybridized carbons (Fsp3) is 0.719. The zero-order chi connectivity index (χ0) is 55.3. The molecule has 1 rings (SSSR count). The molecule has 75 heavy (non-hydrogen) atoms. The lowest BCUT2D eigenvalue weighted by molar-refractivity contribution is -0.142. The van der Waals surface area contributed by atoms with Crippen molar-refractivity contribution in [2.45, 2.75) is 245 Å². The Balaban J connectivity index is 2.64. The molecule has 9 N–H and O–H groups in total. The van der Waals surface area contributed by atoms with Crippen LogP contribution in [0.15, 0.2) is 42.5 Å². The van der Waals surface area contributed by atoms with Crippen molar-refractivity contribution in [1.82, 2.24) is 31.7 Å². The summed E-state index contributed by atoms with van der Waals surface area (Å²) in [4.78, 5) is 101. The molecule has 0 heterocycles. The maximum Gasteiger partial charge on any atom is 0.408 e. The zero-order valence-electron chi connectivity index (χ0n) is 46.4. The minimum absolute atomic E-state index is 0.0275. The van der Waals surface area contributed by atoms with E-state index in [1.165, 1.54) is 155 Å². The van der Waals surface area contributed by atoms with Gasteiger partial charge in [0.2, 0.25) is 29.5 Å². The van der Waals surface area contributed by atoms with Crippen LogP contribution in [0.5, 0.6) is 0 Å². The lowest BCUT2D eigenvalue weighted by Gasteiger charge is -2.24. The summed E-state index contributed by atoms with van der Waals surface area (Å²) in [7, 11) is 0. The Bertz CT molecular complexity index is 1780. The molecule has 0 bridgehead atoms. The van der Waals surface area contributed by atoms with Crippen LogP contribution in [0.1, 0.15) is 219 Å². The third-order valence-corrected chi connectivity index (χ3v) is 13.0. The van der Waals surface area contributed by atoms with Crippen LogP contribution in [0.4, 0.5) is 4.79 Å². The Labute approximate surface area is 449 Å². The third kappa shape index (κ3) is 37.8. The van der Waals surface area contributed by atoms with Gasteiger partial charge in [-0.25, -0.2) is 9.80 Å². The lowest BCUT2D eigenvalue weighted by Crippen LogP contribution is -2.56. The van der Waals surface area contributed by atoms with Crippen LogP contribution in [0.25, 0.3) is 0 Å². The first-order valence-corrected chi connectivity index (χ1v) is 28.5. The molecule has 0 saturated heterocycles. The quantitative estimate of drug-likeness (QED) is 0.0186. The number of unbranched alkanes of at least 4 members (excludes halogenated alkanes) is 24. The van der Waals surface area contributed by atoms with Crippen LogP contribution >= 0.6 is 0 Å². The molecular weight excluding hydrogens is 957 g/mol. The molecule has 0 aliphatic heterocycles. The van der Waals surface area contributed by atoms with Gasteiger partial charge in [0.1, 0.15) is 31.3 Å². The topological polar surface area (TPSA) is 270 Å². The second kappa shape index (κ2) is 44.7. The molecular formula is C57H98N8O10. The highest BCUT2D eigenvalue weighted by molar-refractivity contribution is 6.00. The van der Waals surface area contributed by atoms with Gasteiger partial charge < -0.3 is 42.2 Å². The minimum atomic E-state index is -1.28. The summed E-state index contributed by atoms with van der Waals surface area (Å²) >= 11 is 0. The number of nitrogens with one attached hydrogen (secondary N) is 5. The van der Waals surface area contributed by atoms with Crippen LogP contribution in [0.3, 0.4) is 0 Å². The van der Waals surface area contributed by atoms with Gasteiger partial charge >= 0.3 is 6.09 Å². The standard InChI is InChI=1S/C57H98N8O10/c1-5-7-9-11-13-15-17-19-20-21-23-25-27-32-36-48(74-41-33-28-26-24-22-18-16-14-12-10-8-6-2)42-60-51(67)38-37-49(54(59)70)63-52(68)39-40-53(69)65(43-50(58)66)64-56(72)46(4)61-55(71)45(3)62-57(73)75-44-47-34-30-29-31-35-47/h29-31,34-35,39-40,45-46,48-49H,5-28,32-33,36-38,41-44H2,1-4H3,(H2,58,66)(H2,59,70)(H,60,67)(H,61,71)(H,62,73)(H,63,68)(H,64,72)/b40-39+/t45-,46-,48?,49-/m0/s1. The number of primary amides is 2. The van der Waals surface area contributed by atoms with Crippen molar-refractivity contribution in [2.75, 3.05) is 19.7 Å². The van der Waals surface area contributed by atoms with Gasteiger partial charge in [-0.3, -0.25) is 39.0 Å². The number of carbonyl (C=O) groups excluding carboxylic acids is 8. The molecule has 0 saturated carbocycles. The number of carbonyl (C=O) groups is 8. The van der Waals surface area contributed by atoms with Gasteiger partial charge in [-0.05, 0) is 38.7 Å². The second-order valence-corrected chi connectivity index (χ2v) is 19.9. The summed E-state index contributed by atoms with van der Waals surface area (Å²) in [6.45, 7) is 7.28. The average Bonchev–Trinajstić information content (AvgIpc) is 3.38. The largest absolute Gasteiger partial charge is 0.445 e. The molecule has 426 valence electrons. The molecule has 18 nitrogen and oxygen atoms in total. The normalized spacial score (nSPS) is 12.7. The van der Waals surface area contributed by atoms with Crippen molar-refractivity contribution in [3.8, 4) is 0 Å². The number of nitrogens with zero attached hydrogens (tertiary/aromatic N) is 1. The van der Waals surface area contributed by atoms with Gasteiger partial charge in [0.05, 0.1) is 6.10 Å². The van der Waals surface area contributed by atoms with Crippen LogP contribution in [-0.2, 0) is 49.6 Å². The molecule has 0 radical (unpaired) electrons. The van der Waals surface area contributed by atoms with E-state index in [9.17, 15) is 38.4 Å². The van der Waals surface area contributed by atoms with Crippen LogP contribution in [-0.4, -0.2) is 96.4 Å². The number of benzene rings is 1. The SMILES string of the molecule is CCCCCCCCCCCCCCCCC(CNC(=O)CC[C@H](NC(=O)/C=C/C(=O)N(CC(N)=O)NC(=O)[C@H](C)NC(=O)[C@H](C)NC(=O)OCc1ccccc1)C(N)=O)OCCCCCCCCCCCCCC. The molecule has 0 aliphatic rings. The molecule has 0 aliphatic carbocycles. The van der Waals surface area contributed by atoms with Gasteiger partial charge in [-0.15, -0.1) is 0 Å². The molecule has 1 unspecified atom stereocenters. The van der Waals surface area contributed by atoms with Crippen molar-refractivity contribution >= 4 is 47.4 Å². The number of rotatable bonds is 46. The predicted octanol–water partition coefficient (Wildman–Crippen LogP) is 8.53. The van der Waals surface area contributed by atoms with E-state index < -0.39 is 66.2 Å². The Morgan fingerprint density at radius 2 is 1.08 bits per heavy atom. The molecule has 0 aromatic heterocycles. The van der Waals surface area contributed by atoms with Crippen molar-refractivity contribution in [1.29, 1.82) is 0 Å².